The van der Waals surface area contributed by atoms with Crippen molar-refractivity contribution in [3.63, 3.8) is 0 Å². The van der Waals surface area contributed by atoms with Gasteiger partial charge in [-0.15, -0.1) is 0 Å². The molecule has 24 heavy (non-hydrogen) atoms. The standard InChI is InChI=1S/C19H23NO4/c1-20(12-15-5-4-6-16(9-15)21-2)8-7-14-10-17(22-3)19-18(11-14)23-13-24-19/h4-6,9-11H,7-8,12-13H2,1-3H3. The summed E-state index contributed by atoms with van der Waals surface area (Å²) in [6.07, 6.45) is 0.910. The van der Waals surface area contributed by atoms with Crippen LogP contribution in [0.5, 0.6) is 23.0 Å². The van der Waals surface area contributed by atoms with E-state index in [-0.39, 0.29) is 6.79 Å². The van der Waals surface area contributed by atoms with Gasteiger partial charge in [-0.1, -0.05) is 12.1 Å². The van der Waals surface area contributed by atoms with E-state index in [0.717, 1.165) is 36.8 Å². The van der Waals surface area contributed by atoms with Crippen molar-refractivity contribution >= 4 is 0 Å². The zero-order valence-corrected chi connectivity index (χ0v) is 14.4. The summed E-state index contributed by atoms with van der Waals surface area (Å²) in [7, 11) is 5.45. The molecular formula is C19H23NO4. The highest BCUT2D eigenvalue weighted by molar-refractivity contribution is 5.55. The lowest BCUT2D eigenvalue weighted by atomic mass is 10.1. The molecule has 0 N–H and O–H groups in total. The number of benzene rings is 2. The summed E-state index contributed by atoms with van der Waals surface area (Å²) < 4.78 is 21.6. The van der Waals surface area contributed by atoms with Crippen molar-refractivity contribution < 1.29 is 18.9 Å². The fraction of sp³-hybridized carbons (Fsp3) is 0.368. The predicted molar refractivity (Wildman–Crippen MR) is 92.1 cm³/mol. The Morgan fingerprint density at radius 3 is 2.71 bits per heavy atom. The minimum atomic E-state index is 0.255. The first-order chi connectivity index (χ1) is 11.7. The smallest absolute Gasteiger partial charge is 0.231 e. The quantitative estimate of drug-likeness (QED) is 0.780. The Bertz CT molecular complexity index is 702. The first-order valence-electron chi connectivity index (χ1n) is 7.97. The Labute approximate surface area is 142 Å². The molecule has 0 spiro atoms. The molecule has 0 aromatic heterocycles. The van der Waals surface area contributed by atoms with Crippen molar-refractivity contribution in [2.24, 2.45) is 0 Å². The molecule has 0 bridgehead atoms. The molecule has 5 heteroatoms. The van der Waals surface area contributed by atoms with Crippen LogP contribution in [-0.4, -0.2) is 39.5 Å². The normalized spacial score (nSPS) is 12.5. The van der Waals surface area contributed by atoms with Crippen LogP contribution in [0.1, 0.15) is 11.1 Å². The SMILES string of the molecule is COc1cccc(CN(C)CCc2cc(OC)c3c(c2)OCO3)c1. The van der Waals surface area contributed by atoms with Gasteiger partial charge in [0, 0.05) is 13.1 Å². The molecule has 128 valence electrons. The number of hydrogen-bond donors (Lipinski definition) is 0. The summed E-state index contributed by atoms with van der Waals surface area (Å²) in [6.45, 7) is 2.06. The highest BCUT2D eigenvalue weighted by Crippen LogP contribution is 2.41. The van der Waals surface area contributed by atoms with Gasteiger partial charge in [0.25, 0.3) is 0 Å². The van der Waals surface area contributed by atoms with Gasteiger partial charge in [0.05, 0.1) is 14.2 Å². The van der Waals surface area contributed by atoms with Crippen molar-refractivity contribution in [3.8, 4) is 23.0 Å². The molecule has 0 fully saturated rings. The van der Waals surface area contributed by atoms with Crippen LogP contribution in [0, 0.1) is 0 Å². The maximum atomic E-state index is 5.48. The van der Waals surface area contributed by atoms with E-state index in [4.69, 9.17) is 18.9 Å². The molecule has 0 unspecified atom stereocenters. The second kappa shape index (κ2) is 7.45. The number of hydrogen-bond acceptors (Lipinski definition) is 5. The van der Waals surface area contributed by atoms with Gasteiger partial charge in [-0.3, -0.25) is 0 Å². The van der Waals surface area contributed by atoms with Crippen LogP contribution in [-0.2, 0) is 13.0 Å². The van der Waals surface area contributed by atoms with Crippen molar-refractivity contribution in [1.82, 2.24) is 4.90 Å². The zero-order chi connectivity index (χ0) is 16.9. The summed E-state index contributed by atoms with van der Waals surface area (Å²) in [6, 6.07) is 12.2. The van der Waals surface area contributed by atoms with Gasteiger partial charge >= 0.3 is 0 Å². The average molecular weight is 329 g/mol. The van der Waals surface area contributed by atoms with Gasteiger partial charge in [0.15, 0.2) is 11.5 Å². The minimum Gasteiger partial charge on any atom is -0.497 e. The van der Waals surface area contributed by atoms with Gasteiger partial charge in [0.2, 0.25) is 12.5 Å². The lowest BCUT2D eigenvalue weighted by Gasteiger charge is -2.17. The number of likely N-dealkylation sites (N-methyl/N-ethyl adjacent to an activating group) is 1. The van der Waals surface area contributed by atoms with E-state index in [2.05, 4.69) is 24.1 Å². The van der Waals surface area contributed by atoms with E-state index < -0.39 is 0 Å². The van der Waals surface area contributed by atoms with Gasteiger partial charge in [0.1, 0.15) is 5.75 Å². The minimum absolute atomic E-state index is 0.255. The maximum absolute atomic E-state index is 5.48. The number of methoxy groups -OCH3 is 2. The van der Waals surface area contributed by atoms with Gasteiger partial charge < -0.3 is 23.8 Å². The molecule has 2 aromatic carbocycles. The molecule has 3 rings (SSSR count). The van der Waals surface area contributed by atoms with Crippen LogP contribution >= 0.6 is 0 Å². The Balaban J connectivity index is 1.61. The van der Waals surface area contributed by atoms with Crippen LogP contribution in [0.3, 0.4) is 0 Å². The van der Waals surface area contributed by atoms with E-state index in [1.165, 1.54) is 11.1 Å². The van der Waals surface area contributed by atoms with Crippen molar-refractivity contribution in [2.45, 2.75) is 13.0 Å². The van der Waals surface area contributed by atoms with Crippen molar-refractivity contribution in [3.05, 3.63) is 47.5 Å². The molecule has 0 atom stereocenters. The molecule has 0 saturated heterocycles. The first kappa shape index (κ1) is 16.5. The summed E-state index contributed by atoms with van der Waals surface area (Å²) in [4.78, 5) is 2.28. The van der Waals surface area contributed by atoms with Crippen LogP contribution in [0.4, 0.5) is 0 Å². The molecular weight excluding hydrogens is 306 g/mol. The van der Waals surface area contributed by atoms with Gasteiger partial charge in [-0.05, 0) is 48.9 Å². The number of rotatable bonds is 7. The number of nitrogens with zero attached hydrogens (tertiary/aromatic N) is 1. The lowest BCUT2D eigenvalue weighted by molar-refractivity contribution is 0.171. The van der Waals surface area contributed by atoms with E-state index in [0.29, 0.717) is 5.75 Å². The van der Waals surface area contributed by atoms with Gasteiger partial charge in [-0.25, -0.2) is 0 Å². The van der Waals surface area contributed by atoms with Crippen LogP contribution in [0.25, 0.3) is 0 Å². The summed E-state index contributed by atoms with van der Waals surface area (Å²) in [5.41, 5.74) is 2.41. The second-order valence-electron chi connectivity index (χ2n) is 5.87. The molecule has 0 saturated carbocycles. The number of ether oxygens (including phenoxy) is 4. The second-order valence-corrected chi connectivity index (χ2v) is 5.87. The molecule has 2 aromatic rings. The Hall–Kier alpha value is -2.40. The predicted octanol–water partition coefficient (Wildman–Crippen LogP) is 3.11. The lowest BCUT2D eigenvalue weighted by Crippen LogP contribution is -2.20. The molecule has 5 nitrogen and oxygen atoms in total. The fourth-order valence-corrected chi connectivity index (χ4v) is 2.81. The largest absolute Gasteiger partial charge is 0.497 e. The topological polar surface area (TPSA) is 40.2 Å². The van der Waals surface area contributed by atoms with Gasteiger partial charge in [-0.2, -0.15) is 0 Å². The summed E-state index contributed by atoms with van der Waals surface area (Å²) >= 11 is 0. The molecule has 0 aliphatic carbocycles. The Kier molecular flexibility index (Phi) is 5.11. The van der Waals surface area contributed by atoms with Crippen LogP contribution in [0.2, 0.25) is 0 Å². The summed E-state index contributed by atoms with van der Waals surface area (Å²) in [5.74, 6) is 3.09. The maximum Gasteiger partial charge on any atom is 0.231 e. The average Bonchev–Trinajstić information content (AvgIpc) is 3.08. The third kappa shape index (κ3) is 3.74. The van der Waals surface area contributed by atoms with E-state index >= 15 is 0 Å². The molecule has 0 radical (unpaired) electrons. The first-order valence-corrected chi connectivity index (χ1v) is 7.97. The highest BCUT2D eigenvalue weighted by atomic mass is 16.7. The van der Waals surface area contributed by atoms with E-state index in [1.54, 1.807) is 14.2 Å². The highest BCUT2D eigenvalue weighted by Gasteiger charge is 2.20. The summed E-state index contributed by atoms with van der Waals surface area (Å²) in [5, 5.41) is 0. The third-order valence-electron chi connectivity index (χ3n) is 4.09. The molecule has 0 amide bonds. The Morgan fingerprint density at radius 1 is 1.04 bits per heavy atom. The third-order valence-corrected chi connectivity index (χ3v) is 4.09. The van der Waals surface area contributed by atoms with Crippen LogP contribution in [0.15, 0.2) is 36.4 Å². The zero-order valence-electron chi connectivity index (χ0n) is 14.4. The molecule has 1 aliphatic rings. The van der Waals surface area contributed by atoms with Crippen LogP contribution < -0.4 is 18.9 Å². The van der Waals surface area contributed by atoms with E-state index in [9.17, 15) is 0 Å². The number of fused-ring (bicyclic) bond motifs is 1. The molecule has 1 aliphatic heterocycles. The van der Waals surface area contributed by atoms with E-state index in [1.807, 2.05) is 24.3 Å². The monoisotopic (exact) mass is 329 g/mol. The Morgan fingerprint density at radius 2 is 1.92 bits per heavy atom. The molecule has 1 heterocycles. The fourth-order valence-electron chi connectivity index (χ4n) is 2.81. The van der Waals surface area contributed by atoms with Crippen molar-refractivity contribution in [1.29, 1.82) is 0 Å². The van der Waals surface area contributed by atoms with Crippen molar-refractivity contribution in [2.75, 3.05) is 34.6 Å².